The van der Waals surface area contributed by atoms with Gasteiger partial charge in [0.05, 0.1) is 5.56 Å². The van der Waals surface area contributed by atoms with E-state index >= 15 is 0 Å². The molecule has 0 radical (unpaired) electrons. The summed E-state index contributed by atoms with van der Waals surface area (Å²) in [6.45, 7) is 1.57. The first-order valence-electron chi connectivity index (χ1n) is 5.42. The second kappa shape index (κ2) is 5.98. The lowest BCUT2D eigenvalue weighted by Gasteiger charge is -2.03. The van der Waals surface area contributed by atoms with Gasteiger partial charge >= 0.3 is 0 Å². The van der Waals surface area contributed by atoms with Gasteiger partial charge in [-0.1, -0.05) is 16.8 Å². The van der Waals surface area contributed by atoms with Crippen LogP contribution in [-0.2, 0) is 0 Å². The average Bonchev–Trinajstić information content (AvgIpc) is 2.89. The standard InChI is InChI=1S/C12H9ClFN3O2S/c1-6(17-19)10-5-20-12(15-10)16-11(18)8-4-7(13)2-3-9(8)14/h2-5,19H,1H3,(H,15,16,18). The lowest BCUT2D eigenvalue weighted by Crippen LogP contribution is -2.13. The van der Waals surface area contributed by atoms with Crippen LogP contribution < -0.4 is 5.32 Å². The number of hydrogen-bond acceptors (Lipinski definition) is 5. The van der Waals surface area contributed by atoms with Crippen molar-refractivity contribution in [2.45, 2.75) is 6.92 Å². The molecule has 1 heterocycles. The number of rotatable bonds is 3. The highest BCUT2D eigenvalue weighted by Gasteiger charge is 2.14. The Morgan fingerprint density at radius 1 is 1.55 bits per heavy atom. The van der Waals surface area contributed by atoms with Gasteiger partial charge in [-0.15, -0.1) is 11.3 Å². The Morgan fingerprint density at radius 3 is 3.00 bits per heavy atom. The lowest BCUT2D eigenvalue weighted by atomic mass is 10.2. The summed E-state index contributed by atoms with van der Waals surface area (Å²) in [4.78, 5) is 16.0. The number of anilines is 1. The smallest absolute Gasteiger partial charge is 0.260 e. The predicted molar refractivity (Wildman–Crippen MR) is 75.5 cm³/mol. The number of nitrogens with one attached hydrogen (secondary N) is 1. The van der Waals surface area contributed by atoms with Crippen LogP contribution in [0.2, 0.25) is 5.02 Å². The number of hydrogen-bond donors (Lipinski definition) is 2. The molecule has 0 bridgehead atoms. The number of amides is 1. The molecule has 1 aromatic heterocycles. The zero-order valence-electron chi connectivity index (χ0n) is 10.2. The molecular formula is C12H9ClFN3O2S. The number of carbonyl (C=O) groups is 1. The van der Waals surface area contributed by atoms with Gasteiger partial charge in [-0.25, -0.2) is 9.37 Å². The number of thiazole rings is 1. The van der Waals surface area contributed by atoms with Crippen LogP contribution in [-0.4, -0.2) is 21.8 Å². The summed E-state index contributed by atoms with van der Waals surface area (Å²) < 4.78 is 13.5. The zero-order valence-corrected chi connectivity index (χ0v) is 11.8. The van der Waals surface area contributed by atoms with Gasteiger partial charge in [0, 0.05) is 10.4 Å². The molecule has 0 aliphatic heterocycles. The molecule has 0 fully saturated rings. The van der Waals surface area contributed by atoms with Crippen LogP contribution in [0.15, 0.2) is 28.7 Å². The first-order valence-corrected chi connectivity index (χ1v) is 6.68. The number of nitrogens with zero attached hydrogens (tertiary/aromatic N) is 2. The maximum Gasteiger partial charge on any atom is 0.260 e. The fourth-order valence-corrected chi connectivity index (χ4v) is 2.31. The Morgan fingerprint density at radius 2 is 2.30 bits per heavy atom. The van der Waals surface area contributed by atoms with Gasteiger partial charge in [0.25, 0.3) is 5.91 Å². The van der Waals surface area contributed by atoms with Crippen molar-refractivity contribution in [3.05, 3.63) is 45.7 Å². The van der Waals surface area contributed by atoms with Gasteiger partial charge in [0.2, 0.25) is 0 Å². The van der Waals surface area contributed by atoms with E-state index in [2.05, 4.69) is 15.5 Å². The molecule has 0 aliphatic rings. The fourth-order valence-electron chi connectivity index (χ4n) is 1.38. The number of halogens is 2. The van der Waals surface area contributed by atoms with Gasteiger partial charge in [0.15, 0.2) is 5.13 Å². The highest BCUT2D eigenvalue weighted by Crippen LogP contribution is 2.19. The number of oxime groups is 1. The first-order chi connectivity index (χ1) is 9.51. The van der Waals surface area contributed by atoms with E-state index in [4.69, 9.17) is 16.8 Å². The largest absolute Gasteiger partial charge is 0.411 e. The van der Waals surface area contributed by atoms with E-state index in [0.717, 1.165) is 17.4 Å². The van der Waals surface area contributed by atoms with E-state index < -0.39 is 11.7 Å². The molecule has 104 valence electrons. The van der Waals surface area contributed by atoms with Crippen LogP contribution >= 0.6 is 22.9 Å². The molecule has 20 heavy (non-hydrogen) atoms. The van der Waals surface area contributed by atoms with Crippen molar-refractivity contribution in [2.24, 2.45) is 5.16 Å². The molecule has 0 atom stereocenters. The third-order valence-corrected chi connectivity index (χ3v) is 3.41. The highest BCUT2D eigenvalue weighted by atomic mass is 35.5. The summed E-state index contributed by atoms with van der Waals surface area (Å²) in [7, 11) is 0. The van der Waals surface area contributed by atoms with Crippen molar-refractivity contribution in [2.75, 3.05) is 5.32 Å². The van der Waals surface area contributed by atoms with Crippen molar-refractivity contribution in [1.82, 2.24) is 4.98 Å². The molecular weight excluding hydrogens is 305 g/mol. The van der Waals surface area contributed by atoms with Crippen LogP contribution in [0.4, 0.5) is 9.52 Å². The molecule has 0 unspecified atom stereocenters. The summed E-state index contributed by atoms with van der Waals surface area (Å²) in [5.74, 6) is -1.32. The summed E-state index contributed by atoms with van der Waals surface area (Å²) in [5.41, 5.74) is 0.580. The van der Waals surface area contributed by atoms with E-state index in [1.54, 1.807) is 12.3 Å². The van der Waals surface area contributed by atoms with E-state index in [1.165, 1.54) is 12.1 Å². The van der Waals surface area contributed by atoms with Gasteiger partial charge in [0.1, 0.15) is 17.2 Å². The third-order valence-electron chi connectivity index (χ3n) is 2.42. The van der Waals surface area contributed by atoms with E-state index in [1.807, 2.05) is 0 Å². The summed E-state index contributed by atoms with van der Waals surface area (Å²) in [6.07, 6.45) is 0. The SMILES string of the molecule is CC(=NO)c1csc(NC(=O)c2cc(Cl)ccc2F)n1. The van der Waals surface area contributed by atoms with Gasteiger partial charge < -0.3 is 5.21 Å². The van der Waals surface area contributed by atoms with Gasteiger partial charge in [-0.05, 0) is 25.1 Å². The quantitative estimate of drug-likeness (QED) is 0.518. The van der Waals surface area contributed by atoms with Crippen molar-refractivity contribution in [1.29, 1.82) is 0 Å². The van der Waals surface area contributed by atoms with Gasteiger partial charge in [-0.2, -0.15) is 0 Å². The van der Waals surface area contributed by atoms with Crippen molar-refractivity contribution >= 4 is 39.7 Å². The monoisotopic (exact) mass is 313 g/mol. The maximum atomic E-state index is 13.5. The van der Waals surface area contributed by atoms with Crippen molar-refractivity contribution < 1.29 is 14.4 Å². The second-order valence-electron chi connectivity index (χ2n) is 3.80. The zero-order chi connectivity index (χ0) is 14.7. The minimum Gasteiger partial charge on any atom is -0.411 e. The van der Waals surface area contributed by atoms with Crippen molar-refractivity contribution in [3.8, 4) is 0 Å². The van der Waals surface area contributed by atoms with Crippen LogP contribution in [0.25, 0.3) is 0 Å². The Labute approximate surface area is 122 Å². The molecule has 0 saturated heterocycles. The number of aromatic nitrogens is 1. The maximum absolute atomic E-state index is 13.5. The number of carbonyl (C=O) groups excluding carboxylic acids is 1. The van der Waals surface area contributed by atoms with E-state index in [-0.39, 0.29) is 15.7 Å². The first kappa shape index (κ1) is 14.4. The molecule has 1 amide bonds. The highest BCUT2D eigenvalue weighted by molar-refractivity contribution is 7.14. The summed E-state index contributed by atoms with van der Waals surface area (Å²) in [5, 5.41) is 16.2. The molecule has 5 nitrogen and oxygen atoms in total. The Balaban J connectivity index is 2.19. The van der Waals surface area contributed by atoms with Crippen LogP contribution in [0, 0.1) is 5.82 Å². The minimum atomic E-state index is -0.670. The fraction of sp³-hybridized carbons (Fsp3) is 0.0833. The Bertz CT molecular complexity index is 687. The Hall–Kier alpha value is -1.99. The Kier molecular flexibility index (Phi) is 4.31. The third kappa shape index (κ3) is 3.12. The topological polar surface area (TPSA) is 74.6 Å². The van der Waals surface area contributed by atoms with E-state index in [9.17, 15) is 9.18 Å². The summed E-state index contributed by atoms with van der Waals surface area (Å²) >= 11 is 6.86. The molecule has 0 aliphatic carbocycles. The lowest BCUT2D eigenvalue weighted by molar-refractivity contribution is 0.102. The molecule has 1 aromatic carbocycles. The van der Waals surface area contributed by atoms with Crippen molar-refractivity contribution in [3.63, 3.8) is 0 Å². The molecule has 2 N–H and O–H groups in total. The average molecular weight is 314 g/mol. The normalized spacial score (nSPS) is 11.4. The van der Waals surface area contributed by atoms with Crippen LogP contribution in [0.1, 0.15) is 23.0 Å². The van der Waals surface area contributed by atoms with Crippen LogP contribution in [0.5, 0.6) is 0 Å². The summed E-state index contributed by atoms with van der Waals surface area (Å²) in [6, 6.07) is 3.71. The molecule has 0 saturated carbocycles. The predicted octanol–water partition coefficient (Wildman–Crippen LogP) is 3.39. The van der Waals surface area contributed by atoms with E-state index in [0.29, 0.717) is 11.4 Å². The van der Waals surface area contributed by atoms with Crippen LogP contribution in [0.3, 0.4) is 0 Å². The molecule has 0 spiro atoms. The molecule has 8 heteroatoms. The molecule has 2 rings (SSSR count). The van der Waals surface area contributed by atoms with Gasteiger partial charge in [-0.3, -0.25) is 10.1 Å². The number of benzene rings is 1. The molecule has 2 aromatic rings. The minimum absolute atomic E-state index is 0.165. The second-order valence-corrected chi connectivity index (χ2v) is 5.10.